The summed E-state index contributed by atoms with van der Waals surface area (Å²) < 4.78 is 1.90. The van der Waals surface area contributed by atoms with E-state index in [1.54, 1.807) is 6.20 Å². The van der Waals surface area contributed by atoms with Crippen molar-refractivity contribution in [2.24, 2.45) is 5.92 Å². The Kier molecular flexibility index (Phi) is 2.35. The molecular formula is C14H16N4O. The first-order chi connectivity index (χ1) is 9.29. The summed E-state index contributed by atoms with van der Waals surface area (Å²) in [6.45, 7) is 3.34. The number of hydrogen-bond acceptors (Lipinski definition) is 3. The fourth-order valence-corrected chi connectivity index (χ4v) is 3.25. The summed E-state index contributed by atoms with van der Waals surface area (Å²) in [5.74, 6) is 0.656. The summed E-state index contributed by atoms with van der Waals surface area (Å²) in [6.07, 6.45) is 6.70. The van der Waals surface area contributed by atoms with E-state index in [2.05, 4.69) is 15.2 Å². The molecule has 2 fully saturated rings. The van der Waals surface area contributed by atoms with Gasteiger partial charge in [0.1, 0.15) is 5.65 Å². The topological polar surface area (TPSA) is 49.6 Å². The number of nitrogens with zero attached hydrogens (tertiary/aromatic N) is 3. The van der Waals surface area contributed by atoms with Gasteiger partial charge in [0.05, 0.1) is 0 Å². The molecule has 19 heavy (non-hydrogen) atoms. The van der Waals surface area contributed by atoms with Gasteiger partial charge in [-0.3, -0.25) is 4.79 Å². The van der Waals surface area contributed by atoms with E-state index < -0.39 is 0 Å². The standard InChI is InChI=1S/C14H16N4O/c19-14(16-12-9-17-4-1-11(12)8-17)10-2-5-18-6-3-15-13(18)7-10/h2-3,5-7,11-12H,1,4,8-9H2,(H,16,19). The third kappa shape index (κ3) is 1.81. The van der Waals surface area contributed by atoms with Crippen LogP contribution in [0.1, 0.15) is 16.8 Å². The van der Waals surface area contributed by atoms with Crippen molar-refractivity contribution in [3.8, 4) is 0 Å². The quantitative estimate of drug-likeness (QED) is 0.863. The minimum Gasteiger partial charge on any atom is -0.348 e. The van der Waals surface area contributed by atoms with Gasteiger partial charge in [-0.1, -0.05) is 0 Å². The molecule has 3 unspecified atom stereocenters. The van der Waals surface area contributed by atoms with Gasteiger partial charge in [-0.25, -0.2) is 4.98 Å². The van der Waals surface area contributed by atoms with E-state index >= 15 is 0 Å². The first-order valence-corrected chi connectivity index (χ1v) is 6.75. The molecule has 0 spiro atoms. The molecule has 5 heteroatoms. The molecule has 2 aliphatic rings. The summed E-state index contributed by atoms with van der Waals surface area (Å²) in [7, 11) is 0. The molecule has 3 atom stereocenters. The third-order valence-electron chi connectivity index (χ3n) is 4.31. The van der Waals surface area contributed by atoms with Crippen molar-refractivity contribution in [1.29, 1.82) is 0 Å². The van der Waals surface area contributed by atoms with Crippen molar-refractivity contribution < 1.29 is 4.79 Å². The van der Waals surface area contributed by atoms with Crippen molar-refractivity contribution in [1.82, 2.24) is 19.6 Å². The lowest BCUT2D eigenvalue weighted by molar-refractivity contribution is 0.0924. The zero-order valence-corrected chi connectivity index (χ0v) is 10.6. The van der Waals surface area contributed by atoms with Gasteiger partial charge >= 0.3 is 0 Å². The maximum Gasteiger partial charge on any atom is 0.251 e. The highest BCUT2D eigenvalue weighted by atomic mass is 16.1. The molecule has 0 radical (unpaired) electrons. The monoisotopic (exact) mass is 256 g/mol. The number of fused-ring (bicyclic) bond motifs is 3. The molecule has 2 aromatic rings. The van der Waals surface area contributed by atoms with E-state index in [-0.39, 0.29) is 5.91 Å². The van der Waals surface area contributed by atoms with Crippen LogP contribution in [0.2, 0.25) is 0 Å². The third-order valence-corrected chi connectivity index (χ3v) is 4.31. The van der Waals surface area contributed by atoms with E-state index in [0.717, 1.165) is 18.7 Å². The Balaban J connectivity index is 1.53. The molecule has 5 nitrogen and oxygen atoms in total. The lowest BCUT2D eigenvalue weighted by Gasteiger charge is -2.23. The Labute approximate surface area is 111 Å². The van der Waals surface area contributed by atoms with Crippen LogP contribution in [-0.2, 0) is 0 Å². The average Bonchev–Trinajstić information content (AvgIpc) is 3.13. The van der Waals surface area contributed by atoms with Gasteiger partial charge in [0, 0.05) is 43.3 Å². The Morgan fingerprint density at radius 2 is 2.32 bits per heavy atom. The van der Waals surface area contributed by atoms with Gasteiger partial charge in [0.15, 0.2) is 0 Å². The second-order valence-electron chi connectivity index (χ2n) is 5.50. The number of carbonyl (C=O) groups excluding carboxylic acids is 1. The van der Waals surface area contributed by atoms with Gasteiger partial charge in [-0.2, -0.15) is 0 Å². The van der Waals surface area contributed by atoms with Gasteiger partial charge < -0.3 is 14.6 Å². The molecule has 0 saturated carbocycles. The fraction of sp³-hybridized carbons (Fsp3) is 0.429. The zero-order valence-electron chi connectivity index (χ0n) is 10.6. The number of hydrogen-bond donors (Lipinski definition) is 1. The lowest BCUT2D eigenvalue weighted by Crippen LogP contribution is -2.43. The predicted molar refractivity (Wildman–Crippen MR) is 71.0 cm³/mol. The second-order valence-corrected chi connectivity index (χ2v) is 5.50. The lowest BCUT2D eigenvalue weighted by atomic mass is 10.00. The smallest absolute Gasteiger partial charge is 0.251 e. The van der Waals surface area contributed by atoms with E-state index in [1.807, 2.05) is 28.9 Å². The minimum atomic E-state index is 0.0178. The molecule has 2 aliphatic heterocycles. The Hall–Kier alpha value is -1.88. The molecule has 4 rings (SSSR count). The van der Waals surface area contributed by atoms with Crippen LogP contribution in [0.15, 0.2) is 30.7 Å². The number of amides is 1. The summed E-state index contributed by atoms with van der Waals surface area (Å²) in [4.78, 5) is 18.9. The number of piperidine rings is 1. The largest absolute Gasteiger partial charge is 0.348 e. The minimum absolute atomic E-state index is 0.0178. The average molecular weight is 256 g/mol. The zero-order chi connectivity index (χ0) is 12.8. The number of pyridine rings is 1. The molecule has 2 aromatic heterocycles. The summed E-state index contributed by atoms with van der Waals surface area (Å²) in [5.41, 5.74) is 1.50. The van der Waals surface area contributed by atoms with Gasteiger partial charge in [0.25, 0.3) is 5.91 Å². The first kappa shape index (κ1) is 11.0. The molecule has 98 valence electrons. The second kappa shape index (κ2) is 4.06. The van der Waals surface area contributed by atoms with Crippen molar-refractivity contribution in [3.63, 3.8) is 0 Å². The number of imidazole rings is 1. The van der Waals surface area contributed by atoms with Gasteiger partial charge in [0.2, 0.25) is 0 Å². The molecular weight excluding hydrogens is 240 g/mol. The SMILES string of the molecule is O=C(NC1CN2CCC1C2)c1ccn2ccnc2c1. The number of aromatic nitrogens is 2. The van der Waals surface area contributed by atoms with Crippen molar-refractivity contribution >= 4 is 11.6 Å². The Morgan fingerprint density at radius 3 is 3.11 bits per heavy atom. The highest BCUT2D eigenvalue weighted by molar-refractivity contribution is 5.95. The van der Waals surface area contributed by atoms with Crippen molar-refractivity contribution in [2.75, 3.05) is 19.6 Å². The fourth-order valence-electron chi connectivity index (χ4n) is 3.25. The van der Waals surface area contributed by atoms with Crippen LogP contribution in [0.3, 0.4) is 0 Å². The highest BCUT2D eigenvalue weighted by Gasteiger charge is 2.38. The van der Waals surface area contributed by atoms with Crippen LogP contribution >= 0.6 is 0 Å². The van der Waals surface area contributed by atoms with Crippen LogP contribution in [0.25, 0.3) is 5.65 Å². The van der Waals surface area contributed by atoms with Crippen LogP contribution in [0.4, 0.5) is 0 Å². The van der Waals surface area contributed by atoms with Gasteiger partial charge in [-0.15, -0.1) is 0 Å². The van der Waals surface area contributed by atoms with E-state index in [1.165, 1.54) is 13.0 Å². The van der Waals surface area contributed by atoms with Crippen LogP contribution in [-0.4, -0.2) is 45.9 Å². The first-order valence-electron chi connectivity index (χ1n) is 6.75. The molecule has 1 N–H and O–H groups in total. The molecule has 0 aromatic carbocycles. The number of nitrogens with one attached hydrogen (secondary N) is 1. The summed E-state index contributed by atoms with van der Waals surface area (Å²) >= 11 is 0. The van der Waals surface area contributed by atoms with E-state index in [9.17, 15) is 4.79 Å². The molecule has 1 amide bonds. The van der Waals surface area contributed by atoms with Crippen molar-refractivity contribution in [3.05, 3.63) is 36.3 Å². The molecule has 2 bridgehead atoms. The Morgan fingerprint density at radius 1 is 1.37 bits per heavy atom. The summed E-state index contributed by atoms with van der Waals surface area (Å²) in [5, 5.41) is 3.17. The highest BCUT2D eigenvalue weighted by Crippen LogP contribution is 2.27. The van der Waals surface area contributed by atoms with Crippen molar-refractivity contribution in [2.45, 2.75) is 12.5 Å². The number of rotatable bonds is 2. The molecule has 0 aliphatic carbocycles. The predicted octanol–water partition coefficient (Wildman–Crippen LogP) is 0.768. The molecule has 4 heterocycles. The maximum atomic E-state index is 12.3. The van der Waals surface area contributed by atoms with E-state index in [4.69, 9.17) is 0 Å². The van der Waals surface area contributed by atoms with Gasteiger partial charge in [-0.05, 0) is 31.0 Å². The Bertz CT molecular complexity index is 635. The van der Waals surface area contributed by atoms with Crippen LogP contribution < -0.4 is 5.32 Å². The van der Waals surface area contributed by atoms with Crippen LogP contribution in [0.5, 0.6) is 0 Å². The maximum absolute atomic E-state index is 12.3. The summed E-state index contributed by atoms with van der Waals surface area (Å²) in [6, 6.07) is 4.00. The molecule has 2 saturated heterocycles. The normalized spacial score (nSPS) is 28.9. The van der Waals surface area contributed by atoms with Crippen LogP contribution in [0, 0.1) is 5.92 Å². The van der Waals surface area contributed by atoms with E-state index in [0.29, 0.717) is 17.5 Å². The number of carbonyl (C=O) groups is 1.